The summed E-state index contributed by atoms with van der Waals surface area (Å²) >= 11 is 0. The maximum absolute atomic E-state index is 11.9. The van der Waals surface area contributed by atoms with E-state index in [1.807, 2.05) is 30.3 Å². The van der Waals surface area contributed by atoms with Crippen molar-refractivity contribution < 1.29 is 19.4 Å². The second-order valence-corrected chi connectivity index (χ2v) is 5.11. The number of carbonyl (C=O) groups is 2. The quantitative estimate of drug-likeness (QED) is 0.514. The van der Waals surface area contributed by atoms with Gasteiger partial charge in [-0.3, -0.25) is 4.79 Å². The van der Waals surface area contributed by atoms with Crippen LogP contribution in [0.2, 0.25) is 0 Å². The molecule has 1 aromatic carbocycles. The number of esters is 1. The summed E-state index contributed by atoms with van der Waals surface area (Å²) in [5.41, 5.74) is 7.27. The van der Waals surface area contributed by atoms with Crippen molar-refractivity contribution >= 4 is 23.8 Å². The summed E-state index contributed by atoms with van der Waals surface area (Å²) < 4.78 is 5.13. The van der Waals surface area contributed by atoms with Crippen LogP contribution in [0.1, 0.15) is 21.5 Å². The Bertz CT molecular complexity index is 760. The number of nitrogens with zero attached hydrogens (tertiary/aromatic N) is 1. The van der Waals surface area contributed by atoms with Crippen LogP contribution in [-0.2, 0) is 16.1 Å². The van der Waals surface area contributed by atoms with Gasteiger partial charge in [0.2, 0.25) is 0 Å². The number of anilines is 1. The molecule has 1 heterocycles. The first-order chi connectivity index (χ1) is 12.1. The summed E-state index contributed by atoms with van der Waals surface area (Å²) in [6.45, 7) is 0.120. The highest BCUT2D eigenvalue weighted by atomic mass is 16.5. The fourth-order valence-electron chi connectivity index (χ4n) is 1.97. The number of aliphatic hydroxyl groups is 1. The second-order valence-electron chi connectivity index (χ2n) is 5.11. The summed E-state index contributed by atoms with van der Waals surface area (Å²) in [5.74, 6) is -0.882. The van der Waals surface area contributed by atoms with Gasteiger partial charge in [-0.1, -0.05) is 30.3 Å². The molecule has 7 heteroatoms. The van der Waals surface area contributed by atoms with E-state index in [1.165, 1.54) is 24.4 Å². The normalized spacial score (nSPS) is 10.6. The molecule has 0 aliphatic heterocycles. The Hall–Kier alpha value is -3.19. The van der Waals surface area contributed by atoms with Gasteiger partial charge in [0, 0.05) is 18.8 Å². The van der Waals surface area contributed by atoms with Gasteiger partial charge in [0.1, 0.15) is 12.4 Å². The van der Waals surface area contributed by atoms with Crippen molar-refractivity contribution in [2.24, 2.45) is 0 Å². The number of hydrogen-bond acceptors (Lipinski definition) is 6. The number of pyridine rings is 1. The maximum atomic E-state index is 11.9. The summed E-state index contributed by atoms with van der Waals surface area (Å²) in [7, 11) is 0. The summed E-state index contributed by atoms with van der Waals surface area (Å²) in [6.07, 6.45) is 4.19. The molecule has 1 aromatic heterocycles. The summed E-state index contributed by atoms with van der Waals surface area (Å²) in [4.78, 5) is 27.6. The molecular formula is C18H19N3O4. The number of nitrogens with one attached hydrogen (secondary N) is 1. The van der Waals surface area contributed by atoms with Crippen LogP contribution in [0.4, 0.5) is 5.82 Å². The van der Waals surface area contributed by atoms with E-state index >= 15 is 0 Å². The number of nitrogens with two attached hydrogens (primary N) is 1. The Kier molecular flexibility index (Phi) is 6.67. The lowest BCUT2D eigenvalue weighted by Crippen LogP contribution is -2.27. The van der Waals surface area contributed by atoms with Crippen LogP contribution in [0, 0.1) is 0 Å². The van der Waals surface area contributed by atoms with Gasteiger partial charge < -0.3 is 20.9 Å². The number of rotatable bonds is 7. The first kappa shape index (κ1) is 18.2. The zero-order chi connectivity index (χ0) is 18.1. The molecule has 0 radical (unpaired) electrons. The summed E-state index contributed by atoms with van der Waals surface area (Å²) in [5, 5.41) is 11.2. The van der Waals surface area contributed by atoms with Gasteiger partial charge in [0.25, 0.3) is 5.91 Å². The number of nitrogen functional groups attached to an aromatic ring is 1. The molecule has 0 saturated heterocycles. The Morgan fingerprint density at radius 2 is 2.04 bits per heavy atom. The highest BCUT2D eigenvalue weighted by Crippen LogP contribution is 2.12. The highest BCUT2D eigenvalue weighted by molar-refractivity contribution is 5.99. The molecule has 0 bridgehead atoms. The number of aliphatic hydroxyl groups excluding tert-OH is 1. The van der Waals surface area contributed by atoms with Gasteiger partial charge in [-0.25, -0.2) is 9.78 Å². The zero-order valence-electron chi connectivity index (χ0n) is 13.5. The van der Waals surface area contributed by atoms with E-state index in [1.54, 1.807) is 0 Å². The predicted molar refractivity (Wildman–Crippen MR) is 93.3 cm³/mol. The van der Waals surface area contributed by atoms with Crippen LogP contribution in [0.15, 0.2) is 48.7 Å². The van der Waals surface area contributed by atoms with E-state index < -0.39 is 11.9 Å². The Morgan fingerprint density at radius 1 is 1.28 bits per heavy atom. The van der Waals surface area contributed by atoms with Gasteiger partial charge in [-0.2, -0.15) is 0 Å². The van der Waals surface area contributed by atoms with Crippen molar-refractivity contribution in [2.75, 3.05) is 18.9 Å². The summed E-state index contributed by atoms with van der Waals surface area (Å²) in [6, 6.07) is 10.8. The highest BCUT2D eigenvalue weighted by Gasteiger charge is 2.10. The molecule has 7 nitrogen and oxygen atoms in total. The monoisotopic (exact) mass is 341 g/mol. The van der Waals surface area contributed by atoms with Gasteiger partial charge in [-0.05, 0) is 23.3 Å². The van der Waals surface area contributed by atoms with E-state index in [0.29, 0.717) is 5.56 Å². The third-order valence-corrected chi connectivity index (χ3v) is 3.22. The van der Waals surface area contributed by atoms with E-state index in [-0.39, 0.29) is 31.1 Å². The minimum Gasteiger partial charge on any atom is -0.458 e. The number of amides is 1. The van der Waals surface area contributed by atoms with Crippen molar-refractivity contribution in [2.45, 2.75) is 6.61 Å². The van der Waals surface area contributed by atoms with E-state index in [0.717, 1.165) is 5.56 Å². The molecule has 0 saturated carbocycles. The number of ether oxygens (including phenoxy) is 1. The molecule has 4 N–H and O–H groups in total. The van der Waals surface area contributed by atoms with Gasteiger partial charge in [-0.15, -0.1) is 0 Å². The standard InChI is InChI=1S/C18H19N3O4/c19-17-15(18(24)20-8-9-22)10-14(11-21-17)6-7-16(23)25-12-13-4-2-1-3-5-13/h1-7,10-11,22H,8-9,12H2,(H2,19,21)(H,20,24). The van der Waals surface area contributed by atoms with E-state index in [4.69, 9.17) is 15.6 Å². The fourth-order valence-corrected chi connectivity index (χ4v) is 1.97. The third-order valence-electron chi connectivity index (χ3n) is 3.22. The number of benzene rings is 1. The van der Waals surface area contributed by atoms with Crippen molar-refractivity contribution in [3.8, 4) is 0 Å². The lowest BCUT2D eigenvalue weighted by molar-refractivity contribution is -0.138. The second kappa shape index (κ2) is 9.19. The molecule has 1 amide bonds. The molecule has 0 spiro atoms. The van der Waals surface area contributed by atoms with Gasteiger partial charge >= 0.3 is 5.97 Å². The molecule has 2 aromatic rings. The van der Waals surface area contributed by atoms with E-state index in [2.05, 4.69) is 10.3 Å². The topological polar surface area (TPSA) is 115 Å². The Balaban J connectivity index is 1.98. The molecule has 0 aliphatic carbocycles. The Morgan fingerprint density at radius 3 is 2.76 bits per heavy atom. The molecule has 2 rings (SSSR count). The molecule has 0 atom stereocenters. The number of hydrogen-bond donors (Lipinski definition) is 3. The molecule has 25 heavy (non-hydrogen) atoms. The van der Waals surface area contributed by atoms with Gasteiger partial charge in [0.05, 0.1) is 12.2 Å². The first-order valence-corrected chi connectivity index (χ1v) is 7.63. The van der Waals surface area contributed by atoms with Crippen LogP contribution in [0.25, 0.3) is 6.08 Å². The predicted octanol–water partition coefficient (Wildman–Crippen LogP) is 1.14. The third kappa shape index (κ3) is 5.74. The van der Waals surface area contributed by atoms with Crippen LogP contribution < -0.4 is 11.1 Å². The first-order valence-electron chi connectivity index (χ1n) is 7.63. The molecule has 0 aliphatic rings. The molecule has 0 fully saturated rings. The molecular weight excluding hydrogens is 322 g/mol. The molecule has 130 valence electrons. The van der Waals surface area contributed by atoms with Crippen molar-refractivity contribution in [1.29, 1.82) is 0 Å². The average Bonchev–Trinajstić information content (AvgIpc) is 2.64. The van der Waals surface area contributed by atoms with Crippen molar-refractivity contribution in [1.82, 2.24) is 10.3 Å². The average molecular weight is 341 g/mol. The maximum Gasteiger partial charge on any atom is 0.331 e. The van der Waals surface area contributed by atoms with E-state index in [9.17, 15) is 9.59 Å². The SMILES string of the molecule is Nc1ncc(C=CC(=O)OCc2ccccc2)cc1C(=O)NCCO. The van der Waals surface area contributed by atoms with Gasteiger partial charge in [0.15, 0.2) is 0 Å². The fraction of sp³-hybridized carbons (Fsp3) is 0.167. The van der Waals surface area contributed by atoms with Crippen LogP contribution in [-0.4, -0.2) is 35.1 Å². The smallest absolute Gasteiger partial charge is 0.331 e. The minimum absolute atomic E-state index is 0.0687. The number of carbonyl (C=O) groups excluding carboxylic acids is 2. The largest absolute Gasteiger partial charge is 0.458 e. The molecule has 0 unspecified atom stereocenters. The van der Waals surface area contributed by atoms with Crippen LogP contribution >= 0.6 is 0 Å². The lowest BCUT2D eigenvalue weighted by Gasteiger charge is -2.06. The number of aromatic nitrogens is 1. The zero-order valence-corrected chi connectivity index (χ0v) is 13.5. The lowest BCUT2D eigenvalue weighted by atomic mass is 10.1. The van der Waals surface area contributed by atoms with Crippen LogP contribution in [0.5, 0.6) is 0 Å². The van der Waals surface area contributed by atoms with Crippen LogP contribution in [0.3, 0.4) is 0 Å². The van der Waals surface area contributed by atoms with Crippen molar-refractivity contribution in [3.63, 3.8) is 0 Å². The Labute approximate surface area is 145 Å². The van der Waals surface area contributed by atoms with Crippen molar-refractivity contribution in [3.05, 3.63) is 65.4 Å². The minimum atomic E-state index is -0.507.